The van der Waals surface area contributed by atoms with Crippen LogP contribution in [-0.4, -0.2) is 22.4 Å². The Balaban J connectivity index is 2.39. The van der Waals surface area contributed by atoms with Crippen molar-refractivity contribution < 1.29 is 4.79 Å². The molecule has 0 saturated carbocycles. The van der Waals surface area contributed by atoms with Crippen molar-refractivity contribution in [2.45, 2.75) is 26.7 Å². The van der Waals surface area contributed by atoms with Gasteiger partial charge in [-0.05, 0) is 18.8 Å². The lowest BCUT2D eigenvalue weighted by molar-refractivity contribution is 0.0948. The molecule has 1 heterocycles. The van der Waals surface area contributed by atoms with Crippen molar-refractivity contribution in [3.8, 4) is 0 Å². The van der Waals surface area contributed by atoms with Gasteiger partial charge in [0.1, 0.15) is 0 Å². The average molecular weight is 222 g/mol. The zero-order valence-corrected chi connectivity index (χ0v) is 9.73. The molecule has 1 rings (SSSR count). The monoisotopic (exact) mass is 222 g/mol. The summed E-state index contributed by atoms with van der Waals surface area (Å²) in [5.74, 6) is 0.566. The third kappa shape index (κ3) is 3.84. The smallest absolute Gasteiger partial charge is 0.273 e. The van der Waals surface area contributed by atoms with Gasteiger partial charge in [-0.25, -0.2) is 9.97 Å². The van der Waals surface area contributed by atoms with Crippen molar-refractivity contribution in [2.75, 3.05) is 12.3 Å². The van der Waals surface area contributed by atoms with Gasteiger partial charge >= 0.3 is 0 Å². The number of nitrogens with one attached hydrogen (secondary N) is 1. The van der Waals surface area contributed by atoms with E-state index in [1.165, 1.54) is 12.4 Å². The van der Waals surface area contributed by atoms with Crippen LogP contribution >= 0.6 is 0 Å². The van der Waals surface area contributed by atoms with Gasteiger partial charge in [-0.3, -0.25) is 4.79 Å². The molecule has 0 fully saturated rings. The van der Waals surface area contributed by atoms with Crippen LogP contribution in [0.2, 0.25) is 0 Å². The topological polar surface area (TPSA) is 80.9 Å². The highest BCUT2D eigenvalue weighted by atomic mass is 16.1. The van der Waals surface area contributed by atoms with E-state index in [1.54, 1.807) is 0 Å². The standard InChI is InChI=1S/C11H18N4O/c1-8(2)4-3-5-15-11(16)9-10(12)14-7-6-13-9/h6-8H,3-5H2,1-2H3,(H2,12,14)(H,15,16). The molecular weight excluding hydrogens is 204 g/mol. The molecule has 1 aromatic heterocycles. The van der Waals surface area contributed by atoms with E-state index in [-0.39, 0.29) is 17.4 Å². The summed E-state index contributed by atoms with van der Waals surface area (Å²) in [7, 11) is 0. The summed E-state index contributed by atoms with van der Waals surface area (Å²) in [6, 6.07) is 0. The van der Waals surface area contributed by atoms with Crippen LogP contribution in [0.1, 0.15) is 37.2 Å². The molecule has 0 aromatic carbocycles. The first-order valence-electron chi connectivity index (χ1n) is 5.46. The number of nitrogens with two attached hydrogens (primary N) is 1. The van der Waals surface area contributed by atoms with Crippen LogP contribution in [0.25, 0.3) is 0 Å². The molecule has 5 heteroatoms. The lowest BCUT2D eigenvalue weighted by Crippen LogP contribution is -2.26. The second-order valence-corrected chi connectivity index (χ2v) is 4.08. The highest BCUT2D eigenvalue weighted by Crippen LogP contribution is 2.04. The van der Waals surface area contributed by atoms with E-state index in [1.807, 2.05) is 0 Å². The van der Waals surface area contributed by atoms with Crippen LogP contribution in [-0.2, 0) is 0 Å². The van der Waals surface area contributed by atoms with Gasteiger partial charge in [-0.1, -0.05) is 13.8 Å². The highest BCUT2D eigenvalue weighted by molar-refractivity contribution is 5.96. The molecule has 0 saturated heterocycles. The van der Waals surface area contributed by atoms with Crippen molar-refractivity contribution in [1.82, 2.24) is 15.3 Å². The summed E-state index contributed by atoms with van der Waals surface area (Å²) in [5, 5.41) is 2.77. The molecule has 0 spiro atoms. The molecule has 0 aliphatic rings. The first kappa shape index (κ1) is 12.4. The largest absolute Gasteiger partial charge is 0.382 e. The number of anilines is 1. The Morgan fingerprint density at radius 3 is 2.75 bits per heavy atom. The van der Waals surface area contributed by atoms with Gasteiger partial charge in [0.25, 0.3) is 5.91 Å². The third-order valence-corrected chi connectivity index (χ3v) is 2.19. The molecule has 88 valence electrons. The van der Waals surface area contributed by atoms with Gasteiger partial charge in [-0.2, -0.15) is 0 Å². The number of nitrogen functional groups attached to an aromatic ring is 1. The summed E-state index contributed by atoms with van der Waals surface area (Å²) in [4.78, 5) is 19.3. The summed E-state index contributed by atoms with van der Waals surface area (Å²) < 4.78 is 0. The fraction of sp³-hybridized carbons (Fsp3) is 0.545. The van der Waals surface area contributed by atoms with Gasteiger partial charge in [0.2, 0.25) is 0 Å². The van der Waals surface area contributed by atoms with Crippen LogP contribution in [0, 0.1) is 5.92 Å². The molecule has 0 aliphatic carbocycles. The lowest BCUT2D eigenvalue weighted by Gasteiger charge is -2.07. The molecular formula is C11H18N4O. The maximum absolute atomic E-state index is 11.6. The number of hydrogen-bond acceptors (Lipinski definition) is 4. The molecule has 0 atom stereocenters. The van der Waals surface area contributed by atoms with Crippen molar-refractivity contribution in [2.24, 2.45) is 5.92 Å². The Morgan fingerprint density at radius 1 is 1.44 bits per heavy atom. The number of amides is 1. The van der Waals surface area contributed by atoms with Crippen LogP contribution in [0.3, 0.4) is 0 Å². The average Bonchev–Trinajstić information content (AvgIpc) is 2.24. The number of nitrogens with zero attached hydrogens (tertiary/aromatic N) is 2. The zero-order valence-electron chi connectivity index (χ0n) is 9.73. The van der Waals surface area contributed by atoms with Crippen LogP contribution < -0.4 is 11.1 Å². The minimum absolute atomic E-state index is 0.170. The van der Waals surface area contributed by atoms with Gasteiger partial charge in [0.15, 0.2) is 11.5 Å². The second kappa shape index (κ2) is 6.05. The second-order valence-electron chi connectivity index (χ2n) is 4.08. The minimum Gasteiger partial charge on any atom is -0.382 e. The molecule has 0 radical (unpaired) electrons. The Bertz CT molecular complexity index is 352. The minimum atomic E-state index is -0.255. The number of hydrogen-bond donors (Lipinski definition) is 2. The van der Waals surface area contributed by atoms with Gasteiger partial charge in [0, 0.05) is 18.9 Å². The van der Waals surface area contributed by atoms with E-state index in [0.29, 0.717) is 12.5 Å². The maximum Gasteiger partial charge on any atom is 0.273 e. The highest BCUT2D eigenvalue weighted by Gasteiger charge is 2.10. The summed E-state index contributed by atoms with van der Waals surface area (Å²) >= 11 is 0. The molecule has 16 heavy (non-hydrogen) atoms. The van der Waals surface area contributed by atoms with Gasteiger partial charge < -0.3 is 11.1 Å². The van der Waals surface area contributed by atoms with Crippen molar-refractivity contribution in [3.63, 3.8) is 0 Å². The molecule has 3 N–H and O–H groups in total. The fourth-order valence-electron chi connectivity index (χ4n) is 1.32. The Hall–Kier alpha value is -1.65. The lowest BCUT2D eigenvalue weighted by atomic mass is 10.1. The van der Waals surface area contributed by atoms with E-state index in [2.05, 4.69) is 29.1 Å². The number of carbonyl (C=O) groups excluding carboxylic acids is 1. The fourth-order valence-corrected chi connectivity index (χ4v) is 1.32. The molecule has 0 aliphatic heterocycles. The maximum atomic E-state index is 11.6. The molecule has 1 aromatic rings. The third-order valence-electron chi connectivity index (χ3n) is 2.19. The number of rotatable bonds is 5. The predicted molar refractivity (Wildman–Crippen MR) is 62.8 cm³/mol. The number of carbonyl (C=O) groups is 1. The van der Waals surface area contributed by atoms with E-state index in [4.69, 9.17) is 5.73 Å². The molecule has 0 bridgehead atoms. The first-order valence-corrected chi connectivity index (χ1v) is 5.46. The van der Waals surface area contributed by atoms with E-state index < -0.39 is 0 Å². The van der Waals surface area contributed by atoms with Crippen LogP contribution in [0.15, 0.2) is 12.4 Å². The molecule has 0 unspecified atom stereocenters. The molecule has 1 amide bonds. The van der Waals surface area contributed by atoms with Gasteiger partial charge in [0.05, 0.1) is 0 Å². The zero-order chi connectivity index (χ0) is 12.0. The normalized spacial score (nSPS) is 10.4. The van der Waals surface area contributed by atoms with Crippen LogP contribution in [0.4, 0.5) is 5.82 Å². The van der Waals surface area contributed by atoms with E-state index in [9.17, 15) is 4.79 Å². The summed E-state index contributed by atoms with van der Waals surface area (Å²) in [5.41, 5.74) is 5.74. The van der Waals surface area contributed by atoms with Crippen molar-refractivity contribution >= 4 is 11.7 Å². The van der Waals surface area contributed by atoms with Crippen LogP contribution in [0.5, 0.6) is 0 Å². The van der Waals surface area contributed by atoms with E-state index in [0.717, 1.165) is 12.8 Å². The predicted octanol–water partition coefficient (Wildman–Crippen LogP) is 1.22. The van der Waals surface area contributed by atoms with Gasteiger partial charge in [-0.15, -0.1) is 0 Å². The Kier molecular flexibility index (Phi) is 4.69. The quantitative estimate of drug-likeness (QED) is 0.734. The summed E-state index contributed by atoms with van der Waals surface area (Å²) in [6.07, 6.45) is 4.98. The Morgan fingerprint density at radius 2 is 2.12 bits per heavy atom. The SMILES string of the molecule is CC(C)CCCNC(=O)c1nccnc1N. The molecule has 5 nitrogen and oxygen atoms in total. The first-order chi connectivity index (χ1) is 7.61. The Labute approximate surface area is 95.5 Å². The number of aromatic nitrogens is 2. The summed E-state index contributed by atoms with van der Waals surface area (Å²) in [6.45, 7) is 4.96. The van der Waals surface area contributed by atoms with Crippen molar-refractivity contribution in [3.05, 3.63) is 18.1 Å². The van der Waals surface area contributed by atoms with E-state index >= 15 is 0 Å². The van der Waals surface area contributed by atoms with Crippen molar-refractivity contribution in [1.29, 1.82) is 0 Å².